The zero-order valence-corrected chi connectivity index (χ0v) is 10.7. The second kappa shape index (κ2) is 4.42. The largest absolute Gasteiger partial charge is 0.431 e. The molecule has 4 nitrogen and oxygen atoms in total. The molecule has 3 aromatic rings. The molecule has 0 bridgehead atoms. The third-order valence-electron chi connectivity index (χ3n) is 3.31. The van der Waals surface area contributed by atoms with Crippen LogP contribution in [0, 0.1) is 0 Å². The number of para-hydroxylation sites is 1. The summed E-state index contributed by atoms with van der Waals surface area (Å²) in [7, 11) is 0. The highest BCUT2D eigenvalue weighted by molar-refractivity contribution is 5.84. The third-order valence-corrected chi connectivity index (χ3v) is 3.31. The van der Waals surface area contributed by atoms with Crippen LogP contribution in [-0.2, 0) is 0 Å². The van der Waals surface area contributed by atoms with Crippen molar-refractivity contribution in [2.24, 2.45) is 5.11 Å². The Morgan fingerprint density at radius 1 is 1.00 bits per heavy atom. The van der Waals surface area contributed by atoms with Crippen molar-refractivity contribution in [2.45, 2.75) is 0 Å². The first-order valence-electron chi connectivity index (χ1n) is 6.46. The molecule has 0 amide bonds. The Morgan fingerprint density at radius 2 is 1.90 bits per heavy atom. The summed E-state index contributed by atoms with van der Waals surface area (Å²) >= 11 is 0. The number of pyridine rings is 1. The van der Waals surface area contributed by atoms with Gasteiger partial charge in [0.05, 0.1) is 5.52 Å². The normalized spacial score (nSPS) is 13.5. The lowest BCUT2D eigenvalue weighted by Gasteiger charge is -2.11. The van der Waals surface area contributed by atoms with E-state index in [0.29, 0.717) is 6.73 Å². The maximum absolute atomic E-state index is 5.79. The maximum atomic E-state index is 5.79. The van der Waals surface area contributed by atoms with Crippen molar-refractivity contribution in [3.63, 3.8) is 0 Å². The van der Waals surface area contributed by atoms with Crippen LogP contribution in [-0.4, -0.2) is 16.4 Å². The Hall–Kier alpha value is -2.75. The second-order valence-electron chi connectivity index (χ2n) is 4.62. The molecule has 1 aromatic heterocycles. The summed E-state index contributed by atoms with van der Waals surface area (Å²) in [6, 6.07) is 17.9. The van der Waals surface area contributed by atoms with Gasteiger partial charge in [0, 0.05) is 34.9 Å². The van der Waals surface area contributed by atoms with Crippen molar-refractivity contribution in [2.75, 3.05) is 6.73 Å². The van der Waals surface area contributed by atoms with Gasteiger partial charge in [-0.2, -0.15) is 0 Å². The Kier molecular flexibility index (Phi) is 2.45. The molecule has 20 heavy (non-hydrogen) atoms. The standard InChI is InChI=1S/C16H12N3O/c1-2-6-13(7-3-1)19-11-20-16-10-14-12(5-4-8-17-14)9-15(16)18-19/h1-10H,11H2/q+1. The molecule has 0 N–H and O–H groups in total. The zero-order chi connectivity index (χ0) is 13.4. The van der Waals surface area contributed by atoms with Crippen molar-refractivity contribution >= 4 is 22.3 Å². The molecule has 0 saturated carbocycles. The van der Waals surface area contributed by atoms with Crippen LogP contribution in [0.5, 0.6) is 5.75 Å². The highest BCUT2D eigenvalue weighted by Crippen LogP contribution is 2.35. The van der Waals surface area contributed by atoms with Crippen LogP contribution >= 0.6 is 0 Å². The van der Waals surface area contributed by atoms with E-state index in [1.807, 2.05) is 59.3 Å². The summed E-state index contributed by atoms with van der Waals surface area (Å²) in [6.45, 7) is 0.412. The minimum Gasteiger partial charge on any atom is -0.431 e. The molecule has 0 radical (unpaired) electrons. The topological polar surface area (TPSA) is 37.5 Å². The molecule has 4 rings (SSSR count). The summed E-state index contributed by atoms with van der Waals surface area (Å²) in [5, 5.41) is 5.71. The van der Waals surface area contributed by atoms with Crippen LogP contribution in [0.1, 0.15) is 0 Å². The Bertz CT molecular complexity index is 812. The highest BCUT2D eigenvalue weighted by Gasteiger charge is 2.21. The fraction of sp³-hybridized carbons (Fsp3) is 0.0625. The Labute approximate surface area is 116 Å². The lowest BCUT2D eigenvalue weighted by atomic mass is 10.2. The molecule has 0 fully saturated rings. The lowest BCUT2D eigenvalue weighted by molar-refractivity contribution is -0.544. The molecular weight excluding hydrogens is 250 g/mol. The first-order valence-corrected chi connectivity index (χ1v) is 6.46. The number of ether oxygens (including phenoxy) is 1. The van der Waals surface area contributed by atoms with E-state index in [1.165, 1.54) is 0 Å². The molecular formula is C16H12N3O+. The van der Waals surface area contributed by atoms with Crippen molar-refractivity contribution in [1.29, 1.82) is 0 Å². The van der Waals surface area contributed by atoms with Gasteiger partial charge in [-0.05, 0) is 16.8 Å². The Balaban J connectivity index is 1.86. The SMILES string of the molecule is c1ccc([N+]2=Nc3cc4cccnc4cc3OC2)cc1. The molecule has 96 valence electrons. The molecule has 0 atom stereocenters. The fourth-order valence-corrected chi connectivity index (χ4v) is 2.30. The summed E-state index contributed by atoms with van der Waals surface area (Å²) in [5.74, 6) is 0.781. The predicted octanol–water partition coefficient (Wildman–Crippen LogP) is 4.01. The molecule has 1 aliphatic heterocycles. The molecule has 4 heteroatoms. The van der Waals surface area contributed by atoms with E-state index in [1.54, 1.807) is 6.20 Å². The molecule has 2 aromatic carbocycles. The van der Waals surface area contributed by atoms with Crippen molar-refractivity contribution in [3.8, 4) is 5.75 Å². The highest BCUT2D eigenvalue weighted by atomic mass is 16.5. The molecule has 0 saturated heterocycles. The second-order valence-corrected chi connectivity index (χ2v) is 4.62. The average molecular weight is 262 g/mol. The van der Waals surface area contributed by atoms with E-state index in [4.69, 9.17) is 4.74 Å². The molecule has 2 heterocycles. The summed E-state index contributed by atoms with van der Waals surface area (Å²) < 4.78 is 7.64. The quantitative estimate of drug-likeness (QED) is 0.621. The number of hydrogen-bond acceptors (Lipinski definition) is 3. The molecule has 0 spiro atoms. The minimum absolute atomic E-state index is 0.412. The average Bonchev–Trinajstić information content (AvgIpc) is 2.53. The van der Waals surface area contributed by atoms with Crippen molar-refractivity contribution < 1.29 is 9.43 Å². The number of hydrogen-bond donors (Lipinski definition) is 0. The fourth-order valence-electron chi connectivity index (χ4n) is 2.30. The lowest BCUT2D eigenvalue weighted by Crippen LogP contribution is -2.14. The van der Waals surface area contributed by atoms with Gasteiger partial charge in [-0.1, -0.05) is 24.3 Å². The number of rotatable bonds is 1. The van der Waals surface area contributed by atoms with Crippen LogP contribution in [0.15, 0.2) is 65.9 Å². The first kappa shape index (κ1) is 11.1. The summed E-state index contributed by atoms with van der Waals surface area (Å²) in [4.78, 5) is 4.33. The van der Waals surface area contributed by atoms with E-state index in [0.717, 1.165) is 28.0 Å². The number of fused-ring (bicyclic) bond motifs is 2. The molecule has 1 aliphatic rings. The van der Waals surface area contributed by atoms with Crippen LogP contribution in [0.25, 0.3) is 10.9 Å². The van der Waals surface area contributed by atoms with E-state index in [2.05, 4.69) is 10.1 Å². The van der Waals surface area contributed by atoms with Gasteiger partial charge < -0.3 is 4.74 Å². The van der Waals surface area contributed by atoms with Gasteiger partial charge in [-0.15, -0.1) is 0 Å². The predicted molar refractivity (Wildman–Crippen MR) is 75.7 cm³/mol. The first-order chi connectivity index (χ1) is 9.90. The summed E-state index contributed by atoms with van der Waals surface area (Å²) in [6.07, 6.45) is 1.78. The van der Waals surface area contributed by atoms with Crippen LogP contribution in [0.2, 0.25) is 0 Å². The van der Waals surface area contributed by atoms with E-state index in [-0.39, 0.29) is 0 Å². The monoisotopic (exact) mass is 262 g/mol. The van der Waals surface area contributed by atoms with Gasteiger partial charge >= 0.3 is 6.73 Å². The van der Waals surface area contributed by atoms with E-state index >= 15 is 0 Å². The Morgan fingerprint density at radius 3 is 2.80 bits per heavy atom. The van der Waals surface area contributed by atoms with Gasteiger partial charge in [0.2, 0.25) is 5.69 Å². The van der Waals surface area contributed by atoms with E-state index < -0.39 is 0 Å². The van der Waals surface area contributed by atoms with Gasteiger partial charge in [0.1, 0.15) is 0 Å². The van der Waals surface area contributed by atoms with Crippen molar-refractivity contribution in [3.05, 3.63) is 60.8 Å². The maximum Gasteiger partial charge on any atom is 0.317 e. The number of benzene rings is 2. The van der Waals surface area contributed by atoms with Gasteiger partial charge in [-0.25, -0.2) is 0 Å². The van der Waals surface area contributed by atoms with Gasteiger partial charge in [0.25, 0.3) is 0 Å². The number of nitrogens with zero attached hydrogens (tertiary/aromatic N) is 3. The third kappa shape index (κ3) is 1.82. The van der Waals surface area contributed by atoms with Gasteiger partial charge in [-0.3, -0.25) is 4.98 Å². The zero-order valence-electron chi connectivity index (χ0n) is 10.7. The molecule has 0 unspecified atom stereocenters. The van der Waals surface area contributed by atoms with Crippen LogP contribution < -0.4 is 4.74 Å². The molecule has 0 aliphatic carbocycles. The number of aromatic nitrogens is 1. The summed E-state index contributed by atoms with van der Waals surface area (Å²) in [5.41, 5.74) is 2.78. The smallest absolute Gasteiger partial charge is 0.317 e. The van der Waals surface area contributed by atoms with Crippen LogP contribution in [0.4, 0.5) is 11.4 Å². The van der Waals surface area contributed by atoms with E-state index in [9.17, 15) is 0 Å². The van der Waals surface area contributed by atoms with Gasteiger partial charge in [0.15, 0.2) is 11.4 Å². The number of azo groups is 2. The van der Waals surface area contributed by atoms with Crippen molar-refractivity contribution in [1.82, 2.24) is 4.98 Å². The van der Waals surface area contributed by atoms with Crippen LogP contribution in [0.3, 0.4) is 0 Å². The minimum atomic E-state index is 0.412.